The molecule has 1 aliphatic carbocycles. The highest BCUT2D eigenvalue weighted by Gasteiger charge is 2.30. The average molecular weight is 469 g/mol. The van der Waals surface area contributed by atoms with Gasteiger partial charge in [0.2, 0.25) is 5.91 Å². The minimum atomic E-state index is -1.16. The molecule has 0 heterocycles. The molecule has 0 aromatic heterocycles. The van der Waals surface area contributed by atoms with Gasteiger partial charge in [0.25, 0.3) is 0 Å². The van der Waals surface area contributed by atoms with Gasteiger partial charge < -0.3 is 25.2 Å². The van der Waals surface area contributed by atoms with Gasteiger partial charge in [-0.25, -0.2) is 4.79 Å². The molecule has 0 bridgehead atoms. The van der Waals surface area contributed by atoms with Crippen LogP contribution in [0.3, 0.4) is 0 Å². The molecule has 2 aromatic carbocycles. The maximum atomic E-state index is 12.9. The fraction of sp³-hybridized carbons (Fsp3) is 0.423. The number of carbonyl (C=O) groups excluding carboxylic acids is 2. The molecule has 0 spiro atoms. The van der Waals surface area contributed by atoms with Crippen molar-refractivity contribution in [2.45, 2.75) is 26.2 Å². The van der Waals surface area contributed by atoms with Crippen molar-refractivity contribution >= 4 is 18.0 Å². The van der Waals surface area contributed by atoms with Crippen LogP contribution in [0, 0.1) is 11.8 Å². The van der Waals surface area contributed by atoms with Gasteiger partial charge in [-0.3, -0.25) is 9.59 Å². The van der Waals surface area contributed by atoms with E-state index < -0.39 is 30.4 Å². The smallest absolute Gasteiger partial charge is 0.407 e. The summed E-state index contributed by atoms with van der Waals surface area (Å²) < 4.78 is 5.54. The van der Waals surface area contributed by atoms with Gasteiger partial charge in [-0.05, 0) is 34.6 Å². The van der Waals surface area contributed by atoms with Crippen molar-refractivity contribution in [2.75, 3.05) is 32.8 Å². The quantitative estimate of drug-likeness (QED) is 0.467. The molecule has 8 nitrogen and oxygen atoms in total. The molecule has 0 saturated carbocycles. The van der Waals surface area contributed by atoms with Crippen molar-refractivity contribution in [3.05, 3.63) is 59.7 Å². The lowest BCUT2D eigenvalue weighted by Gasteiger charge is -2.26. The number of aliphatic hydroxyl groups excluding tert-OH is 1. The van der Waals surface area contributed by atoms with E-state index in [0.717, 1.165) is 27.2 Å². The Bertz CT molecular complexity index is 976. The first kappa shape index (κ1) is 25.2. The van der Waals surface area contributed by atoms with Crippen LogP contribution in [-0.2, 0) is 14.3 Å². The summed E-state index contributed by atoms with van der Waals surface area (Å²) >= 11 is 0. The fourth-order valence-electron chi connectivity index (χ4n) is 4.51. The Morgan fingerprint density at radius 3 is 2.15 bits per heavy atom. The van der Waals surface area contributed by atoms with Gasteiger partial charge in [0.05, 0.1) is 12.5 Å². The predicted molar refractivity (Wildman–Crippen MR) is 127 cm³/mol. The summed E-state index contributed by atoms with van der Waals surface area (Å²) in [4.78, 5) is 37.7. The Morgan fingerprint density at radius 1 is 1.03 bits per heavy atom. The van der Waals surface area contributed by atoms with E-state index >= 15 is 0 Å². The Balaban J connectivity index is 1.62. The zero-order valence-electron chi connectivity index (χ0n) is 19.6. The third-order valence-electron chi connectivity index (χ3n) is 5.95. The molecule has 3 N–H and O–H groups in total. The Morgan fingerprint density at radius 2 is 1.62 bits per heavy atom. The number of hydrogen-bond donors (Lipinski definition) is 3. The van der Waals surface area contributed by atoms with Gasteiger partial charge in [-0.15, -0.1) is 0 Å². The first-order valence-corrected chi connectivity index (χ1v) is 11.5. The molecule has 0 saturated heterocycles. The molecule has 34 heavy (non-hydrogen) atoms. The topological polar surface area (TPSA) is 116 Å². The summed E-state index contributed by atoms with van der Waals surface area (Å²) in [6, 6.07) is 16.1. The summed E-state index contributed by atoms with van der Waals surface area (Å²) in [5.41, 5.74) is 4.49. The second-order valence-corrected chi connectivity index (χ2v) is 8.91. The number of benzene rings is 2. The average Bonchev–Trinajstić information content (AvgIpc) is 3.13. The number of aliphatic hydroxyl groups is 1. The van der Waals surface area contributed by atoms with E-state index in [4.69, 9.17) is 9.84 Å². The standard InChI is InChI=1S/C26H32N2O6/c1-17(2)13-18(25(32)28(11-12-29)15-24(30)31)14-27-26(33)34-16-23-21-9-5-3-7-19(21)20-8-4-6-10-22(20)23/h3-10,17-18,23,29H,11-16H2,1-2H3,(H,27,33)(H,30,31). The summed E-state index contributed by atoms with van der Waals surface area (Å²) in [5.74, 6) is -2.11. The van der Waals surface area contributed by atoms with Crippen LogP contribution in [0.25, 0.3) is 11.1 Å². The van der Waals surface area contributed by atoms with E-state index in [2.05, 4.69) is 17.4 Å². The second kappa shape index (κ2) is 11.7. The van der Waals surface area contributed by atoms with E-state index in [1.807, 2.05) is 50.2 Å². The predicted octanol–water partition coefficient (Wildman–Crippen LogP) is 3.09. The monoisotopic (exact) mass is 468 g/mol. The normalized spacial score (nSPS) is 13.2. The number of nitrogens with one attached hydrogen (secondary N) is 1. The molecule has 3 rings (SSSR count). The van der Waals surface area contributed by atoms with Crippen molar-refractivity contribution in [1.29, 1.82) is 0 Å². The van der Waals surface area contributed by atoms with Gasteiger partial charge in [0, 0.05) is 19.0 Å². The molecule has 182 valence electrons. The van der Waals surface area contributed by atoms with Crippen molar-refractivity contribution in [1.82, 2.24) is 10.2 Å². The van der Waals surface area contributed by atoms with Crippen molar-refractivity contribution in [3.8, 4) is 11.1 Å². The van der Waals surface area contributed by atoms with Gasteiger partial charge in [0.15, 0.2) is 0 Å². The number of rotatable bonds is 11. The van der Waals surface area contributed by atoms with E-state index in [9.17, 15) is 19.5 Å². The number of carbonyl (C=O) groups is 3. The lowest BCUT2D eigenvalue weighted by molar-refractivity contribution is -0.146. The Kier molecular flexibility index (Phi) is 8.65. The summed E-state index contributed by atoms with van der Waals surface area (Å²) in [5, 5.41) is 21.0. The first-order valence-electron chi connectivity index (χ1n) is 11.5. The number of fused-ring (bicyclic) bond motifs is 3. The van der Waals surface area contributed by atoms with Gasteiger partial charge in [0.1, 0.15) is 13.2 Å². The van der Waals surface area contributed by atoms with Gasteiger partial charge >= 0.3 is 12.1 Å². The maximum absolute atomic E-state index is 12.9. The number of carboxylic acids is 1. The summed E-state index contributed by atoms with van der Waals surface area (Å²) in [7, 11) is 0. The molecule has 1 atom stereocenters. The minimum Gasteiger partial charge on any atom is -0.480 e. The lowest BCUT2D eigenvalue weighted by Crippen LogP contribution is -2.45. The van der Waals surface area contributed by atoms with E-state index in [0.29, 0.717) is 6.42 Å². The summed E-state index contributed by atoms with van der Waals surface area (Å²) in [6.07, 6.45) is -0.167. The maximum Gasteiger partial charge on any atom is 0.407 e. The molecular formula is C26H32N2O6. The summed E-state index contributed by atoms with van der Waals surface area (Å²) in [6.45, 7) is 3.16. The van der Waals surface area contributed by atoms with E-state index in [1.54, 1.807) is 0 Å². The van der Waals surface area contributed by atoms with E-state index in [-0.39, 0.29) is 38.1 Å². The molecule has 1 aliphatic rings. The van der Waals surface area contributed by atoms with Crippen molar-refractivity contribution < 1.29 is 29.3 Å². The number of carboxylic acid groups (broad SMARTS) is 1. The molecule has 8 heteroatoms. The van der Waals surface area contributed by atoms with Crippen LogP contribution in [0.4, 0.5) is 4.79 Å². The fourth-order valence-corrected chi connectivity index (χ4v) is 4.51. The van der Waals surface area contributed by atoms with Crippen LogP contribution in [-0.4, -0.2) is 65.9 Å². The van der Waals surface area contributed by atoms with Crippen molar-refractivity contribution in [2.24, 2.45) is 11.8 Å². The Hall–Kier alpha value is -3.39. The number of alkyl carbamates (subject to hydrolysis) is 1. The van der Waals surface area contributed by atoms with Crippen LogP contribution >= 0.6 is 0 Å². The first-order chi connectivity index (χ1) is 16.3. The van der Waals surface area contributed by atoms with Crippen LogP contribution < -0.4 is 5.32 Å². The zero-order chi connectivity index (χ0) is 24.7. The number of nitrogens with zero attached hydrogens (tertiary/aromatic N) is 1. The lowest BCUT2D eigenvalue weighted by atomic mass is 9.95. The number of amides is 2. The van der Waals surface area contributed by atoms with E-state index in [1.165, 1.54) is 0 Å². The van der Waals surface area contributed by atoms with Gasteiger partial charge in [-0.2, -0.15) is 0 Å². The Labute approximate surface area is 199 Å². The molecular weight excluding hydrogens is 436 g/mol. The highest BCUT2D eigenvalue weighted by Crippen LogP contribution is 2.44. The van der Waals surface area contributed by atoms with Crippen LogP contribution in [0.1, 0.15) is 37.3 Å². The minimum absolute atomic E-state index is 0.0231. The zero-order valence-corrected chi connectivity index (χ0v) is 19.6. The number of aliphatic carboxylic acids is 1. The molecule has 0 fully saturated rings. The highest BCUT2D eigenvalue weighted by molar-refractivity contribution is 5.84. The van der Waals surface area contributed by atoms with Crippen LogP contribution in [0.5, 0.6) is 0 Å². The van der Waals surface area contributed by atoms with Crippen LogP contribution in [0.2, 0.25) is 0 Å². The third-order valence-corrected chi connectivity index (χ3v) is 5.95. The highest BCUT2D eigenvalue weighted by atomic mass is 16.5. The molecule has 0 aliphatic heterocycles. The molecule has 1 unspecified atom stereocenters. The molecule has 2 amide bonds. The largest absolute Gasteiger partial charge is 0.480 e. The second-order valence-electron chi connectivity index (χ2n) is 8.91. The number of ether oxygens (including phenoxy) is 1. The third kappa shape index (κ3) is 6.14. The van der Waals surface area contributed by atoms with Crippen molar-refractivity contribution in [3.63, 3.8) is 0 Å². The SMILES string of the molecule is CC(C)CC(CNC(=O)OCC1c2ccccc2-c2ccccc21)C(=O)N(CCO)CC(=O)O. The van der Waals surface area contributed by atoms with Crippen LogP contribution in [0.15, 0.2) is 48.5 Å². The molecule has 0 radical (unpaired) electrons. The molecule has 2 aromatic rings. The number of hydrogen-bond acceptors (Lipinski definition) is 5. The van der Waals surface area contributed by atoms with Gasteiger partial charge in [-0.1, -0.05) is 62.4 Å².